The summed E-state index contributed by atoms with van der Waals surface area (Å²) in [5, 5.41) is 0. The summed E-state index contributed by atoms with van der Waals surface area (Å²) in [4.78, 5) is 2.16. The van der Waals surface area contributed by atoms with Gasteiger partial charge in [0.05, 0.1) is 0 Å². The molecule has 0 saturated heterocycles. The van der Waals surface area contributed by atoms with E-state index in [9.17, 15) is 4.39 Å². The Morgan fingerprint density at radius 3 is 2.71 bits per heavy atom. The van der Waals surface area contributed by atoms with Crippen molar-refractivity contribution in [3.8, 4) is 0 Å². The summed E-state index contributed by atoms with van der Waals surface area (Å²) in [6.07, 6.45) is 2.08. The van der Waals surface area contributed by atoms with Crippen molar-refractivity contribution in [2.75, 3.05) is 19.1 Å². The maximum atomic E-state index is 13.8. The Morgan fingerprint density at radius 2 is 2.18 bits per heavy atom. The van der Waals surface area contributed by atoms with E-state index in [1.54, 1.807) is 11.8 Å². The lowest BCUT2D eigenvalue weighted by molar-refractivity contribution is 0.266. The van der Waals surface area contributed by atoms with Crippen LogP contribution in [0.2, 0.25) is 0 Å². The molecule has 0 heterocycles. The third-order valence-electron chi connectivity index (χ3n) is 2.93. The zero-order chi connectivity index (χ0) is 12.8. The van der Waals surface area contributed by atoms with E-state index in [-0.39, 0.29) is 5.82 Å². The van der Waals surface area contributed by atoms with Gasteiger partial charge in [-0.1, -0.05) is 12.1 Å². The monoisotopic (exact) mass is 256 g/mol. The molecule has 4 heteroatoms. The number of thioether (sulfide) groups is 1. The SMILES string of the molecule is CSCC(C)N(C)Cc1ccc(CN)cc1F. The molecule has 0 fully saturated rings. The topological polar surface area (TPSA) is 29.3 Å². The van der Waals surface area contributed by atoms with E-state index in [0.29, 0.717) is 19.1 Å². The minimum atomic E-state index is -0.156. The molecule has 0 aliphatic rings. The third-order valence-corrected chi connectivity index (χ3v) is 3.75. The first kappa shape index (κ1) is 14.5. The summed E-state index contributed by atoms with van der Waals surface area (Å²) in [5.74, 6) is 0.898. The maximum absolute atomic E-state index is 13.8. The number of nitrogens with two attached hydrogens (primary N) is 1. The van der Waals surface area contributed by atoms with Crippen LogP contribution >= 0.6 is 11.8 Å². The van der Waals surface area contributed by atoms with Gasteiger partial charge in [0, 0.05) is 30.4 Å². The fourth-order valence-corrected chi connectivity index (χ4v) is 2.38. The van der Waals surface area contributed by atoms with Crippen molar-refractivity contribution >= 4 is 11.8 Å². The van der Waals surface area contributed by atoms with Crippen molar-refractivity contribution in [3.63, 3.8) is 0 Å². The molecular formula is C13H21FN2S. The Kier molecular flexibility index (Phi) is 5.95. The van der Waals surface area contributed by atoms with E-state index in [2.05, 4.69) is 18.1 Å². The predicted molar refractivity (Wildman–Crippen MR) is 73.6 cm³/mol. The number of hydrogen-bond acceptors (Lipinski definition) is 3. The molecule has 1 atom stereocenters. The van der Waals surface area contributed by atoms with E-state index in [1.165, 1.54) is 6.07 Å². The molecule has 0 saturated carbocycles. The van der Waals surface area contributed by atoms with Crippen molar-refractivity contribution in [3.05, 3.63) is 35.1 Å². The van der Waals surface area contributed by atoms with E-state index < -0.39 is 0 Å². The predicted octanol–water partition coefficient (Wildman–Crippen LogP) is 2.47. The van der Waals surface area contributed by atoms with Crippen LogP contribution in [0.3, 0.4) is 0 Å². The molecule has 0 aliphatic heterocycles. The summed E-state index contributed by atoms with van der Waals surface area (Å²) < 4.78 is 13.8. The van der Waals surface area contributed by atoms with Crippen LogP contribution in [-0.4, -0.2) is 30.0 Å². The molecule has 0 aliphatic carbocycles. The Bertz CT molecular complexity index is 357. The van der Waals surface area contributed by atoms with Crippen molar-refractivity contribution in [2.45, 2.75) is 26.1 Å². The van der Waals surface area contributed by atoms with E-state index >= 15 is 0 Å². The first-order chi connectivity index (χ1) is 8.08. The zero-order valence-corrected chi connectivity index (χ0v) is 11.6. The molecule has 1 rings (SSSR count). The minimum absolute atomic E-state index is 0.156. The number of nitrogens with zero attached hydrogens (tertiary/aromatic N) is 1. The van der Waals surface area contributed by atoms with Gasteiger partial charge in [0.15, 0.2) is 0 Å². The van der Waals surface area contributed by atoms with Crippen molar-refractivity contribution in [1.82, 2.24) is 4.90 Å². The van der Waals surface area contributed by atoms with Crippen molar-refractivity contribution in [1.29, 1.82) is 0 Å². The van der Waals surface area contributed by atoms with Gasteiger partial charge in [-0.2, -0.15) is 11.8 Å². The van der Waals surface area contributed by atoms with E-state index in [0.717, 1.165) is 16.9 Å². The summed E-state index contributed by atoms with van der Waals surface area (Å²) in [7, 11) is 2.02. The van der Waals surface area contributed by atoms with Gasteiger partial charge in [-0.15, -0.1) is 0 Å². The first-order valence-electron chi connectivity index (χ1n) is 5.75. The quantitative estimate of drug-likeness (QED) is 0.848. The Morgan fingerprint density at radius 1 is 1.47 bits per heavy atom. The highest BCUT2D eigenvalue weighted by Crippen LogP contribution is 2.14. The summed E-state index contributed by atoms with van der Waals surface area (Å²) in [5.41, 5.74) is 7.05. The summed E-state index contributed by atoms with van der Waals surface area (Å²) in [6.45, 7) is 3.18. The normalized spacial score (nSPS) is 13.1. The zero-order valence-electron chi connectivity index (χ0n) is 10.7. The number of halogens is 1. The molecule has 1 unspecified atom stereocenters. The fraction of sp³-hybridized carbons (Fsp3) is 0.538. The van der Waals surface area contributed by atoms with Gasteiger partial charge in [-0.25, -0.2) is 4.39 Å². The molecule has 2 nitrogen and oxygen atoms in total. The highest BCUT2D eigenvalue weighted by atomic mass is 32.2. The minimum Gasteiger partial charge on any atom is -0.326 e. The number of rotatable bonds is 6. The van der Waals surface area contributed by atoms with Crippen LogP contribution < -0.4 is 5.73 Å². The summed E-state index contributed by atoms with van der Waals surface area (Å²) in [6, 6.07) is 5.70. The molecule has 0 radical (unpaired) electrons. The molecule has 1 aromatic carbocycles. The van der Waals surface area contributed by atoms with Gasteiger partial charge in [-0.05, 0) is 31.9 Å². The maximum Gasteiger partial charge on any atom is 0.128 e. The second kappa shape index (κ2) is 6.99. The van der Waals surface area contributed by atoms with Gasteiger partial charge in [0.2, 0.25) is 0 Å². The average Bonchev–Trinajstić information content (AvgIpc) is 2.31. The standard InChI is InChI=1S/C13H21FN2S/c1-10(9-17-3)16(2)8-12-5-4-11(7-15)6-13(12)14/h4-6,10H,7-9,15H2,1-3H3. The van der Waals surface area contributed by atoms with Crippen LogP contribution in [0.1, 0.15) is 18.1 Å². The molecule has 2 N–H and O–H groups in total. The van der Waals surface area contributed by atoms with E-state index in [1.807, 2.05) is 19.2 Å². The van der Waals surface area contributed by atoms with Crippen LogP contribution in [-0.2, 0) is 13.1 Å². The Balaban J connectivity index is 2.68. The molecule has 0 bridgehead atoms. The molecule has 96 valence electrons. The molecule has 0 aromatic heterocycles. The second-order valence-electron chi connectivity index (χ2n) is 4.35. The molecular weight excluding hydrogens is 235 g/mol. The smallest absolute Gasteiger partial charge is 0.128 e. The molecule has 0 spiro atoms. The number of benzene rings is 1. The lowest BCUT2D eigenvalue weighted by atomic mass is 10.1. The highest BCUT2D eigenvalue weighted by Gasteiger charge is 2.11. The van der Waals surface area contributed by atoms with Gasteiger partial charge < -0.3 is 5.73 Å². The first-order valence-corrected chi connectivity index (χ1v) is 7.14. The van der Waals surface area contributed by atoms with Crippen molar-refractivity contribution in [2.24, 2.45) is 5.73 Å². The Labute approximate surface area is 107 Å². The third kappa shape index (κ3) is 4.30. The number of hydrogen-bond donors (Lipinski definition) is 1. The lowest BCUT2D eigenvalue weighted by Crippen LogP contribution is -2.30. The highest BCUT2D eigenvalue weighted by molar-refractivity contribution is 7.98. The van der Waals surface area contributed by atoms with Gasteiger partial charge in [0.1, 0.15) is 5.82 Å². The molecule has 17 heavy (non-hydrogen) atoms. The van der Waals surface area contributed by atoms with Crippen molar-refractivity contribution < 1.29 is 4.39 Å². The van der Waals surface area contributed by atoms with Crippen LogP contribution in [0.4, 0.5) is 4.39 Å². The second-order valence-corrected chi connectivity index (χ2v) is 5.26. The average molecular weight is 256 g/mol. The molecule has 1 aromatic rings. The molecule has 0 amide bonds. The Hall–Kier alpha value is -0.580. The van der Waals surface area contributed by atoms with Crippen LogP contribution in [0, 0.1) is 5.82 Å². The largest absolute Gasteiger partial charge is 0.326 e. The van der Waals surface area contributed by atoms with Gasteiger partial charge in [-0.3, -0.25) is 4.90 Å². The van der Waals surface area contributed by atoms with Crippen LogP contribution in [0.5, 0.6) is 0 Å². The van der Waals surface area contributed by atoms with E-state index in [4.69, 9.17) is 5.73 Å². The van der Waals surface area contributed by atoms with Gasteiger partial charge >= 0.3 is 0 Å². The van der Waals surface area contributed by atoms with Crippen LogP contribution in [0.15, 0.2) is 18.2 Å². The fourth-order valence-electron chi connectivity index (χ4n) is 1.64. The summed E-state index contributed by atoms with van der Waals surface area (Å²) >= 11 is 1.81. The lowest BCUT2D eigenvalue weighted by Gasteiger charge is -2.24. The van der Waals surface area contributed by atoms with Crippen LogP contribution in [0.25, 0.3) is 0 Å². The van der Waals surface area contributed by atoms with Gasteiger partial charge in [0.25, 0.3) is 0 Å².